The largest absolute Gasteiger partial charge is 0.504 e. The van der Waals surface area contributed by atoms with Crippen LogP contribution in [0.2, 0.25) is 10.0 Å². The van der Waals surface area contributed by atoms with E-state index in [0.29, 0.717) is 21.6 Å². The van der Waals surface area contributed by atoms with Crippen molar-refractivity contribution in [3.8, 4) is 11.5 Å². The molecule has 1 N–H and O–H groups in total. The highest BCUT2D eigenvalue weighted by molar-refractivity contribution is 6.39. The monoisotopic (exact) mass is 345 g/mol. The van der Waals surface area contributed by atoms with E-state index in [4.69, 9.17) is 27.9 Å². The number of halogens is 2. The molecule has 0 fully saturated rings. The van der Waals surface area contributed by atoms with Gasteiger partial charge in [-0.1, -0.05) is 41.4 Å². The standard InChI is InChI=1S/C18H13Cl2NO2/c1-23-13-7-3-11(4-8-13)2-5-12-6-9-14-15(19)10-16(20)18(22)17(14)21-12/h2-10,22H,1H3/b5-2+. The van der Waals surface area contributed by atoms with Gasteiger partial charge >= 0.3 is 0 Å². The number of pyridine rings is 1. The molecule has 0 amide bonds. The van der Waals surface area contributed by atoms with Gasteiger partial charge in [0.05, 0.1) is 22.8 Å². The SMILES string of the molecule is COc1ccc(/C=C/c2ccc3c(Cl)cc(Cl)c(O)c3n2)cc1. The van der Waals surface area contributed by atoms with Crippen LogP contribution in [0.15, 0.2) is 42.5 Å². The molecule has 1 aromatic heterocycles. The Kier molecular flexibility index (Phi) is 4.42. The van der Waals surface area contributed by atoms with Gasteiger partial charge in [-0.15, -0.1) is 0 Å². The molecule has 0 bridgehead atoms. The molecule has 23 heavy (non-hydrogen) atoms. The average molecular weight is 346 g/mol. The van der Waals surface area contributed by atoms with Gasteiger partial charge in [0.2, 0.25) is 0 Å². The Hall–Kier alpha value is -2.23. The van der Waals surface area contributed by atoms with E-state index in [-0.39, 0.29) is 10.8 Å². The highest BCUT2D eigenvalue weighted by Gasteiger charge is 2.10. The van der Waals surface area contributed by atoms with Gasteiger partial charge in [0.25, 0.3) is 0 Å². The first kappa shape index (κ1) is 15.7. The molecule has 0 spiro atoms. The number of fused-ring (bicyclic) bond motifs is 1. The van der Waals surface area contributed by atoms with Crippen LogP contribution in [-0.4, -0.2) is 17.2 Å². The first-order chi connectivity index (χ1) is 11.1. The molecule has 3 rings (SSSR count). The van der Waals surface area contributed by atoms with Crippen LogP contribution in [-0.2, 0) is 0 Å². The molecule has 3 aromatic rings. The highest BCUT2D eigenvalue weighted by atomic mass is 35.5. The highest BCUT2D eigenvalue weighted by Crippen LogP contribution is 2.36. The third-order valence-electron chi connectivity index (χ3n) is 3.44. The molecule has 0 unspecified atom stereocenters. The lowest BCUT2D eigenvalue weighted by Gasteiger charge is -2.05. The second-order valence-electron chi connectivity index (χ2n) is 4.93. The fraction of sp³-hybridized carbons (Fsp3) is 0.0556. The van der Waals surface area contributed by atoms with Crippen LogP contribution in [0.5, 0.6) is 11.5 Å². The summed E-state index contributed by atoms with van der Waals surface area (Å²) in [6.07, 6.45) is 3.78. The molecule has 0 aliphatic rings. The summed E-state index contributed by atoms with van der Waals surface area (Å²) in [7, 11) is 1.63. The third kappa shape index (κ3) is 3.26. The van der Waals surface area contributed by atoms with Crippen LogP contribution in [0.25, 0.3) is 23.1 Å². The Bertz CT molecular complexity index is 890. The lowest BCUT2D eigenvalue weighted by atomic mass is 10.1. The Balaban J connectivity index is 1.96. The lowest BCUT2D eigenvalue weighted by molar-refractivity contribution is 0.415. The molecule has 1 heterocycles. The molecular weight excluding hydrogens is 333 g/mol. The van der Waals surface area contributed by atoms with Crippen LogP contribution >= 0.6 is 23.2 Å². The van der Waals surface area contributed by atoms with Crippen molar-refractivity contribution in [1.82, 2.24) is 4.98 Å². The summed E-state index contributed by atoms with van der Waals surface area (Å²) in [5, 5.41) is 11.4. The molecular formula is C18H13Cl2NO2. The summed E-state index contributed by atoms with van der Waals surface area (Å²) >= 11 is 12.1. The minimum absolute atomic E-state index is 0.0641. The number of hydrogen-bond acceptors (Lipinski definition) is 3. The molecule has 116 valence electrons. The van der Waals surface area contributed by atoms with Crippen molar-refractivity contribution >= 4 is 46.3 Å². The van der Waals surface area contributed by atoms with Crippen molar-refractivity contribution in [1.29, 1.82) is 0 Å². The summed E-state index contributed by atoms with van der Waals surface area (Å²) in [6, 6.07) is 12.8. The number of phenols is 1. The van der Waals surface area contributed by atoms with E-state index in [9.17, 15) is 5.11 Å². The van der Waals surface area contributed by atoms with Gasteiger partial charge in [0.15, 0.2) is 5.75 Å². The predicted molar refractivity (Wildman–Crippen MR) is 95.3 cm³/mol. The van der Waals surface area contributed by atoms with E-state index >= 15 is 0 Å². The van der Waals surface area contributed by atoms with E-state index in [1.165, 1.54) is 6.07 Å². The van der Waals surface area contributed by atoms with E-state index in [0.717, 1.165) is 11.3 Å². The molecule has 0 saturated carbocycles. The fourth-order valence-electron chi connectivity index (χ4n) is 2.21. The minimum atomic E-state index is -0.0641. The van der Waals surface area contributed by atoms with E-state index < -0.39 is 0 Å². The smallest absolute Gasteiger partial charge is 0.160 e. The minimum Gasteiger partial charge on any atom is -0.504 e. The maximum atomic E-state index is 10.1. The Labute approximate surface area is 143 Å². The van der Waals surface area contributed by atoms with Gasteiger partial charge in [-0.05, 0) is 42.0 Å². The Morgan fingerprint density at radius 2 is 1.74 bits per heavy atom. The summed E-state index contributed by atoms with van der Waals surface area (Å²) in [6.45, 7) is 0. The van der Waals surface area contributed by atoms with Crippen molar-refractivity contribution in [2.75, 3.05) is 7.11 Å². The maximum Gasteiger partial charge on any atom is 0.160 e. The Morgan fingerprint density at radius 1 is 1.00 bits per heavy atom. The van der Waals surface area contributed by atoms with Crippen LogP contribution in [0.1, 0.15) is 11.3 Å². The topological polar surface area (TPSA) is 42.4 Å². The van der Waals surface area contributed by atoms with Gasteiger partial charge in [0, 0.05) is 5.39 Å². The van der Waals surface area contributed by atoms with Gasteiger partial charge < -0.3 is 9.84 Å². The number of benzene rings is 2. The molecule has 2 aromatic carbocycles. The second-order valence-corrected chi connectivity index (χ2v) is 5.74. The van der Waals surface area contributed by atoms with Gasteiger partial charge in [-0.2, -0.15) is 0 Å². The number of ether oxygens (including phenoxy) is 1. The first-order valence-corrected chi connectivity index (χ1v) is 7.64. The third-order valence-corrected chi connectivity index (χ3v) is 4.04. The molecule has 0 saturated heterocycles. The normalized spacial score (nSPS) is 11.3. The number of aromatic hydroxyl groups is 1. The molecule has 5 heteroatoms. The van der Waals surface area contributed by atoms with E-state index in [2.05, 4.69) is 4.98 Å². The second kappa shape index (κ2) is 6.49. The molecule has 0 aliphatic carbocycles. The number of rotatable bonds is 3. The Morgan fingerprint density at radius 3 is 2.43 bits per heavy atom. The van der Waals surface area contributed by atoms with Crippen molar-refractivity contribution < 1.29 is 9.84 Å². The number of aromatic nitrogens is 1. The quantitative estimate of drug-likeness (QED) is 0.688. The summed E-state index contributed by atoms with van der Waals surface area (Å²) < 4.78 is 5.13. The van der Waals surface area contributed by atoms with E-state index in [1.54, 1.807) is 7.11 Å². The number of hydrogen-bond donors (Lipinski definition) is 1. The van der Waals surface area contributed by atoms with Crippen molar-refractivity contribution in [3.05, 3.63) is 63.8 Å². The zero-order chi connectivity index (χ0) is 16.4. The van der Waals surface area contributed by atoms with Crippen LogP contribution in [0.3, 0.4) is 0 Å². The van der Waals surface area contributed by atoms with Gasteiger partial charge in [-0.3, -0.25) is 0 Å². The zero-order valence-electron chi connectivity index (χ0n) is 12.3. The average Bonchev–Trinajstić information content (AvgIpc) is 2.58. The van der Waals surface area contributed by atoms with Crippen molar-refractivity contribution in [2.24, 2.45) is 0 Å². The van der Waals surface area contributed by atoms with Crippen LogP contribution in [0, 0.1) is 0 Å². The molecule has 0 radical (unpaired) electrons. The van der Waals surface area contributed by atoms with Crippen molar-refractivity contribution in [2.45, 2.75) is 0 Å². The summed E-state index contributed by atoms with van der Waals surface area (Å²) in [4.78, 5) is 4.41. The van der Waals surface area contributed by atoms with E-state index in [1.807, 2.05) is 48.6 Å². The number of phenolic OH excluding ortho intramolecular Hbond substituents is 1. The summed E-state index contributed by atoms with van der Waals surface area (Å²) in [5.74, 6) is 0.742. The van der Waals surface area contributed by atoms with Crippen molar-refractivity contribution in [3.63, 3.8) is 0 Å². The zero-order valence-corrected chi connectivity index (χ0v) is 13.8. The fourth-order valence-corrected chi connectivity index (χ4v) is 2.72. The van der Waals surface area contributed by atoms with Crippen LogP contribution in [0.4, 0.5) is 0 Å². The molecule has 0 atom stereocenters. The predicted octanol–water partition coefficient (Wildman–Crippen LogP) is 5.43. The number of nitrogens with zero attached hydrogens (tertiary/aromatic N) is 1. The molecule has 3 nitrogen and oxygen atoms in total. The lowest BCUT2D eigenvalue weighted by Crippen LogP contribution is -1.86. The summed E-state index contributed by atoms with van der Waals surface area (Å²) in [5.41, 5.74) is 2.10. The van der Waals surface area contributed by atoms with Gasteiger partial charge in [-0.25, -0.2) is 4.98 Å². The number of methoxy groups -OCH3 is 1. The van der Waals surface area contributed by atoms with Crippen LogP contribution < -0.4 is 4.74 Å². The molecule has 0 aliphatic heterocycles. The maximum absolute atomic E-state index is 10.1. The first-order valence-electron chi connectivity index (χ1n) is 6.88. The van der Waals surface area contributed by atoms with Gasteiger partial charge in [0.1, 0.15) is 11.3 Å².